The number of nitrogens with one attached hydrogen (secondary N) is 2. The van der Waals surface area contributed by atoms with Crippen LogP contribution in [0.3, 0.4) is 0 Å². The van der Waals surface area contributed by atoms with Crippen LogP contribution in [-0.4, -0.2) is 58.0 Å². The predicted molar refractivity (Wildman–Crippen MR) is 117 cm³/mol. The molecule has 9 nitrogen and oxygen atoms in total. The summed E-state index contributed by atoms with van der Waals surface area (Å²) >= 11 is 4.41. The average molecular weight is 512 g/mol. The van der Waals surface area contributed by atoms with Crippen LogP contribution in [0.5, 0.6) is 5.75 Å². The average Bonchev–Trinajstić information content (AvgIpc) is 2.76. The molecule has 0 aromatic heterocycles. The molecule has 0 unspecified atom stereocenters. The fourth-order valence-corrected chi connectivity index (χ4v) is 4.47. The number of hydrogen-bond donors (Lipinski definition) is 2. The first kappa shape index (κ1) is 24.7. The van der Waals surface area contributed by atoms with Crippen LogP contribution in [0.15, 0.2) is 33.3 Å². The van der Waals surface area contributed by atoms with E-state index in [9.17, 15) is 19.6 Å². The van der Waals surface area contributed by atoms with Gasteiger partial charge in [0.1, 0.15) is 11.7 Å². The summed E-state index contributed by atoms with van der Waals surface area (Å²) in [5, 5.41) is 15.4. The van der Waals surface area contributed by atoms with Crippen LogP contribution in [0, 0.1) is 17.2 Å². The molecule has 0 radical (unpaired) electrons. The lowest BCUT2D eigenvalue weighted by Gasteiger charge is -2.31. The van der Waals surface area contributed by atoms with E-state index in [1.807, 2.05) is 0 Å². The summed E-state index contributed by atoms with van der Waals surface area (Å²) in [6.07, 6.45) is 0. The number of thioether (sulfide) groups is 1. The van der Waals surface area contributed by atoms with Crippen LogP contribution in [0.1, 0.15) is 11.5 Å². The molecule has 0 saturated heterocycles. The number of carbonyl (C=O) groups is 3. The van der Waals surface area contributed by atoms with E-state index in [4.69, 9.17) is 14.2 Å². The number of rotatable bonds is 9. The minimum absolute atomic E-state index is 0.0214. The number of nitriles is 1. The van der Waals surface area contributed by atoms with Gasteiger partial charge in [0.15, 0.2) is 0 Å². The van der Waals surface area contributed by atoms with Gasteiger partial charge in [-0.3, -0.25) is 14.4 Å². The zero-order valence-electron chi connectivity index (χ0n) is 17.2. The molecule has 166 valence electrons. The van der Waals surface area contributed by atoms with Crippen molar-refractivity contribution in [3.8, 4) is 11.8 Å². The van der Waals surface area contributed by atoms with E-state index in [2.05, 4.69) is 32.6 Å². The Labute approximate surface area is 192 Å². The zero-order valence-corrected chi connectivity index (χ0v) is 19.6. The summed E-state index contributed by atoms with van der Waals surface area (Å²) in [6, 6.07) is 7.14. The third-order valence-electron chi connectivity index (χ3n) is 4.49. The van der Waals surface area contributed by atoms with E-state index in [1.54, 1.807) is 18.2 Å². The maximum atomic E-state index is 12.8. The lowest BCUT2D eigenvalue weighted by atomic mass is 9.78. The third kappa shape index (κ3) is 6.00. The van der Waals surface area contributed by atoms with Gasteiger partial charge in [-0.25, -0.2) is 0 Å². The molecular weight excluding hydrogens is 490 g/mol. The summed E-state index contributed by atoms with van der Waals surface area (Å²) in [4.78, 5) is 37.2. The van der Waals surface area contributed by atoms with Gasteiger partial charge in [-0.2, -0.15) is 5.26 Å². The first-order chi connectivity index (χ1) is 14.9. The molecule has 1 heterocycles. The van der Waals surface area contributed by atoms with Gasteiger partial charge in [0.2, 0.25) is 11.8 Å². The summed E-state index contributed by atoms with van der Waals surface area (Å²) in [6.45, 7) is 0.716. The quantitative estimate of drug-likeness (QED) is 0.291. The van der Waals surface area contributed by atoms with Crippen LogP contribution < -0.4 is 15.4 Å². The monoisotopic (exact) mass is 511 g/mol. The number of esters is 1. The molecule has 1 aromatic rings. The van der Waals surface area contributed by atoms with Gasteiger partial charge in [0, 0.05) is 19.6 Å². The van der Waals surface area contributed by atoms with Gasteiger partial charge in [-0.15, -0.1) is 0 Å². The van der Waals surface area contributed by atoms with Gasteiger partial charge < -0.3 is 24.8 Å². The highest BCUT2D eigenvalue weighted by Crippen LogP contribution is 2.41. The fourth-order valence-electron chi connectivity index (χ4n) is 3.04. The molecule has 31 heavy (non-hydrogen) atoms. The summed E-state index contributed by atoms with van der Waals surface area (Å²) < 4.78 is 15.5. The molecule has 11 heteroatoms. The summed E-state index contributed by atoms with van der Waals surface area (Å²) in [5.74, 6) is -3.24. The fraction of sp³-hybridized carbons (Fsp3) is 0.400. The highest BCUT2D eigenvalue weighted by Gasteiger charge is 2.44. The second-order valence-corrected chi connectivity index (χ2v) is 8.19. The van der Waals surface area contributed by atoms with Gasteiger partial charge >= 0.3 is 5.97 Å². The van der Waals surface area contributed by atoms with Crippen molar-refractivity contribution < 1.29 is 28.6 Å². The number of benzene rings is 1. The smallest absolute Gasteiger partial charge is 0.319 e. The topological polar surface area (TPSA) is 127 Å². The van der Waals surface area contributed by atoms with Crippen molar-refractivity contribution >= 4 is 45.5 Å². The highest BCUT2D eigenvalue weighted by atomic mass is 79.9. The van der Waals surface area contributed by atoms with E-state index in [-0.39, 0.29) is 22.3 Å². The summed E-state index contributed by atoms with van der Waals surface area (Å²) in [5.41, 5.74) is 0.721. The number of carbonyl (C=O) groups excluding carboxylic acids is 3. The van der Waals surface area contributed by atoms with E-state index < -0.39 is 23.7 Å². The molecule has 2 rings (SSSR count). The van der Waals surface area contributed by atoms with Crippen molar-refractivity contribution in [2.45, 2.75) is 5.92 Å². The minimum Gasteiger partial charge on any atom is -0.496 e. The minimum atomic E-state index is -1.25. The van der Waals surface area contributed by atoms with Crippen molar-refractivity contribution in [2.24, 2.45) is 5.92 Å². The molecule has 2 N–H and O–H groups in total. The molecule has 1 aliphatic heterocycles. The van der Waals surface area contributed by atoms with Gasteiger partial charge in [-0.1, -0.05) is 17.8 Å². The predicted octanol–water partition coefficient (Wildman–Crippen LogP) is 1.69. The first-order valence-electron chi connectivity index (χ1n) is 9.12. The molecule has 1 aromatic carbocycles. The number of allylic oxidation sites excluding steroid dienone is 1. The normalized spacial score (nSPS) is 18.1. The second-order valence-electron chi connectivity index (χ2n) is 6.35. The van der Waals surface area contributed by atoms with Gasteiger partial charge in [0.05, 0.1) is 47.7 Å². The Kier molecular flexibility index (Phi) is 9.36. The van der Waals surface area contributed by atoms with Crippen LogP contribution in [-0.2, 0) is 23.9 Å². The van der Waals surface area contributed by atoms with Crippen molar-refractivity contribution in [1.82, 2.24) is 10.6 Å². The highest BCUT2D eigenvalue weighted by molar-refractivity contribution is 9.10. The molecule has 0 fully saturated rings. The molecule has 0 bridgehead atoms. The number of methoxy groups -OCH3 is 3. The first-order valence-corrected chi connectivity index (χ1v) is 10.9. The van der Waals surface area contributed by atoms with E-state index in [0.29, 0.717) is 28.9 Å². The van der Waals surface area contributed by atoms with Crippen molar-refractivity contribution in [1.29, 1.82) is 5.26 Å². The Balaban J connectivity index is 2.42. The summed E-state index contributed by atoms with van der Waals surface area (Å²) in [7, 11) is 4.22. The van der Waals surface area contributed by atoms with Crippen molar-refractivity contribution in [3.63, 3.8) is 0 Å². The van der Waals surface area contributed by atoms with Gasteiger partial charge in [0.25, 0.3) is 0 Å². The number of halogens is 1. The Bertz CT molecular complexity index is 930. The lowest BCUT2D eigenvalue weighted by molar-refractivity contribution is -0.150. The Morgan fingerprint density at radius 3 is 2.65 bits per heavy atom. The Morgan fingerprint density at radius 1 is 1.32 bits per heavy atom. The van der Waals surface area contributed by atoms with Crippen LogP contribution in [0.25, 0.3) is 0 Å². The number of hydrogen-bond acceptors (Lipinski definition) is 8. The van der Waals surface area contributed by atoms with Gasteiger partial charge in [-0.05, 0) is 33.6 Å². The lowest BCUT2D eigenvalue weighted by Crippen LogP contribution is -2.44. The molecule has 0 saturated carbocycles. The molecule has 1 aliphatic rings. The standard InChI is InChI=1S/C20H22BrN3O6S/c1-28-7-6-23-15(25)10-31-19-12(9-22)16(17(18(26)24-19)20(27)30-3)11-4-5-14(29-2)13(21)8-11/h4-5,8,16-17H,6-7,10H2,1-3H3,(H,23,25)(H,24,26)/t16-,17-/m1/s1. The number of amides is 2. The number of nitrogens with zero attached hydrogens (tertiary/aromatic N) is 1. The van der Waals surface area contributed by atoms with Crippen molar-refractivity contribution in [3.05, 3.63) is 38.8 Å². The molecular formula is C20H22BrN3O6S. The molecule has 0 spiro atoms. The second kappa shape index (κ2) is 11.7. The SMILES string of the molecule is COCCNC(=O)CSC1=C(C#N)[C@@H](c2ccc(OC)c(Br)c2)[C@@H](C(=O)OC)C(=O)N1. The zero-order chi connectivity index (χ0) is 23.0. The van der Waals surface area contributed by atoms with E-state index in [1.165, 1.54) is 21.3 Å². The van der Waals surface area contributed by atoms with E-state index in [0.717, 1.165) is 11.8 Å². The van der Waals surface area contributed by atoms with Crippen molar-refractivity contribution in [2.75, 3.05) is 40.2 Å². The maximum absolute atomic E-state index is 12.8. The Hall–Kier alpha value is -2.55. The maximum Gasteiger partial charge on any atom is 0.319 e. The van der Waals surface area contributed by atoms with E-state index >= 15 is 0 Å². The molecule has 0 aliphatic carbocycles. The van der Waals surface area contributed by atoms with Crippen LogP contribution >= 0.6 is 27.7 Å². The third-order valence-corrected chi connectivity index (χ3v) is 6.13. The number of ether oxygens (including phenoxy) is 3. The van der Waals surface area contributed by atoms with Crippen LogP contribution in [0.2, 0.25) is 0 Å². The molecule has 2 atom stereocenters. The van der Waals surface area contributed by atoms with Crippen LogP contribution in [0.4, 0.5) is 0 Å². The Morgan fingerprint density at radius 2 is 2.06 bits per heavy atom. The molecule has 2 amide bonds. The largest absolute Gasteiger partial charge is 0.496 e.